The molecular weight excluding hydrogens is 382 g/mol. The van der Waals surface area contributed by atoms with Crippen LogP contribution in [-0.4, -0.2) is 45.1 Å². The first-order valence-corrected chi connectivity index (χ1v) is 9.76. The van der Waals surface area contributed by atoms with Crippen LogP contribution in [0.15, 0.2) is 61.1 Å². The van der Waals surface area contributed by atoms with Gasteiger partial charge in [0.1, 0.15) is 11.4 Å². The molecule has 2 amide bonds. The third-order valence-corrected chi connectivity index (χ3v) is 5.10. The fraction of sp³-hybridized carbons (Fsp3) is 0.273. The molecule has 154 valence electrons. The van der Waals surface area contributed by atoms with E-state index in [2.05, 4.69) is 15.4 Å². The van der Waals surface area contributed by atoms with E-state index in [9.17, 15) is 9.59 Å². The molecule has 1 aliphatic heterocycles. The van der Waals surface area contributed by atoms with Crippen molar-refractivity contribution in [2.75, 3.05) is 13.7 Å². The highest BCUT2D eigenvalue weighted by molar-refractivity contribution is 5.89. The van der Waals surface area contributed by atoms with E-state index in [-0.39, 0.29) is 24.2 Å². The van der Waals surface area contributed by atoms with Crippen LogP contribution < -0.4 is 10.1 Å². The van der Waals surface area contributed by atoms with E-state index in [0.717, 1.165) is 16.9 Å². The van der Waals surface area contributed by atoms with Crippen molar-refractivity contribution in [2.24, 2.45) is 5.92 Å². The fourth-order valence-corrected chi connectivity index (χ4v) is 3.52. The monoisotopic (exact) mass is 405 g/mol. The van der Waals surface area contributed by atoms with E-state index in [4.69, 9.17) is 4.74 Å². The van der Waals surface area contributed by atoms with Gasteiger partial charge in [0, 0.05) is 37.5 Å². The fourth-order valence-electron chi connectivity index (χ4n) is 3.52. The summed E-state index contributed by atoms with van der Waals surface area (Å²) in [4.78, 5) is 30.8. The second-order valence-electron chi connectivity index (χ2n) is 7.18. The standard InChI is InChI=1S/C22H23N5O3/c1-30-20-8-3-2-7-19(20)27-13-16(12-25-27)11-24-22(29)17-10-21(28)26(14-17)15-18-6-4-5-9-23-18/h2-9,12-13,17H,10-11,14-15H2,1H3,(H,24,29). The van der Waals surface area contributed by atoms with Gasteiger partial charge in [-0.3, -0.25) is 14.6 Å². The molecule has 0 aliphatic carbocycles. The Labute approximate surface area is 174 Å². The third-order valence-electron chi connectivity index (χ3n) is 5.10. The van der Waals surface area contributed by atoms with E-state index in [1.54, 1.807) is 29.1 Å². The summed E-state index contributed by atoms with van der Waals surface area (Å²) in [6, 6.07) is 13.2. The molecular formula is C22H23N5O3. The Kier molecular flexibility index (Phi) is 5.74. The number of ether oxygens (including phenoxy) is 1. The van der Waals surface area contributed by atoms with Crippen LogP contribution in [0.25, 0.3) is 5.69 Å². The normalized spacial score (nSPS) is 16.0. The van der Waals surface area contributed by atoms with Crippen molar-refractivity contribution in [3.8, 4) is 11.4 Å². The highest BCUT2D eigenvalue weighted by Crippen LogP contribution is 2.22. The average molecular weight is 405 g/mol. The van der Waals surface area contributed by atoms with Gasteiger partial charge >= 0.3 is 0 Å². The summed E-state index contributed by atoms with van der Waals surface area (Å²) in [5.41, 5.74) is 2.50. The number of hydrogen-bond donors (Lipinski definition) is 1. The quantitative estimate of drug-likeness (QED) is 0.649. The van der Waals surface area contributed by atoms with Crippen LogP contribution in [0.1, 0.15) is 17.7 Å². The number of rotatable bonds is 7. The van der Waals surface area contributed by atoms with Gasteiger partial charge < -0.3 is 15.0 Å². The summed E-state index contributed by atoms with van der Waals surface area (Å²) in [5, 5.41) is 7.28. The van der Waals surface area contributed by atoms with Gasteiger partial charge in [0.05, 0.1) is 31.5 Å². The van der Waals surface area contributed by atoms with E-state index >= 15 is 0 Å². The van der Waals surface area contributed by atoms with Gasteiger partial charge in [0.2, 0.25) is 11.8 Å². The Balaban J connectivity index is 1.33. The zero-order chi connectivity index (χ0) is 20.9. The number of carbonyl (C=O) groups excluding carboxylic acids is 2. The van der Waals surface area contributed by atoms with E-state index < -0.39 is 0 Å². The maximum absolute atomic E-state index is 12.6. The molecule has 4 rings (SSSR count). The lowest BCUT2D eigenvalue weighted by molar-refractivity contribution is -0.129. The molecule has 1 N–H and O–H groups in total. The number of para-hydroxylation sites is 2. The van der Waals surface area contributed by atoms with Crippen LogP contribution in [0.3, 0.4) is 0 Å². The van der Waals surface area contributed by atoms with Gasteiger partial charge in [-0.1, -0.05) is 18.2 Å². The van der Waals surface area contributed by atoms with Crippen molar-refractivity contribution in [3.63, 3.8) is 0 Å². The van der Waals surface area contributed by atoms with E-state index in [1.807, 2.05) is 48.7 Å². The lowest BCUT2D eigenvalue weighted by atomic mass is 10.1. The molecule has 0 radical (unpaired) electrons. The number of amides is 2. The minimum absolute atomic E-state index is 0.0233. The van der Waals surface area contributed by atoms with Gasteiger partial charge in [0.15, 0.2) is 0 Å². The largest absolute Gasteiger partial charge is 0.494 e. The number of methoxy groups -OCH3 is 1. The van der Waals surface area contributed by atoms with Crippen molar-refractivity contribution < 1.29 is 14.3 Å². The average Bonchev–Trinajstić information content (AvgIpc) is 3.40. The molecule has 1 aromatic carbocycles. The Bertz CT molecular complexity index is 1030. The summed E-state index contributed by atoms with van der Waals surface area (Å²) >= 11 is 0. The zero-order valence-electron chi connectivity index (χ0n) is 16.7. The predicted octanol–water partition coefficient (Wildman–Crippen LogP) is 1.94. The first-order chi connectivity index (χ1) is 14.6. The first-order valence-electron chi connectivity index (χ1n) is 9.76. The zero-order valence-corrected chi connectivity index (χ0v) is 16.7. The maximum Gasteiger partial charge on any atom is 0.225 e. The van der Waals surface area contributed by atoms with Crippen molar-refractivity contribution in [1.29, 1.82) is 0 Å². The second-order valence-corrected chi connectivity index (χ2v) is 7.18. The molecule has 1 atom stereocenters. The Morgan fingerprint density at radius 1 is 1.23 bits per heavy atom. The molecule has 1 aliphatic rings. The lowest BCUT2D eigenvalue weighted by Crippen LogP contribution is -2.32. The lowest BCUT2D eigenvalue weighted by Gasteiger charge is -2.16. The molecule has 2 aromatic heterocycles. The number of benzene rings is 1. The van der Waals surface area contributed by atoms with Gasteiger partial charge in [-0.15, -0.1) is 0 Å². The summed E-state index contributed by atoms with van der Waals surface area (Å²) in [6.07, 6.45) is 5.48. The third kappa shape index (κ3) is 4.32. The molecule has 1 unspecified atom stereocenters. The molecule has 30 heavy (non-hydrogen) atoms. The highest BCUT2D eigenvalue weighted by Gasteiger charge is 2.34. The summed E-state index contributed by atoms with van der Waals surface area (Å²) in [5.74, 6) is 0.209. The Morgan fingerprint density at radius 3 is 2.87 bits per heavy atom. The Hall–Kier alpha value is -3.68. The molecule has 8 heteroatoms. The highest BCUT2D eigenvalue weighted by atomic mass is 16.5. The van der Waals surface area contributed by atoms with Crippen LogP contribution in [0.5, 0.6) is 5.75 Å². The number of hydrogen-bond acceptors (Lipinski definition) is 5. The van der Waals surface area contributed by atoms with Crippen molar-refractivity contribution in [2.45, 2.75) is 19.5 Å². The van der Waals surface area contributed by atoms with Gasteiger partial charge in [0.25, 0.3) is 0 Å². The summed E-state index contributed by atoms with van der Waals surface area (Å²) in [7, 11) is 1.61. The van der Waals surface area contributed by atoms with Crippen LogP contribution in [0, 0.1) is 5.92 Å². The number of likely N-dealkylation sites (tertiary alicyclic amines) is 1. The SMILES string of the molecule is COc1ccccc1-n1cc(CNC(=O)C2CC(=O)N(Cc3ccccn3)C2)cn1. The minimum atomic E-state index is -0.356. The van der Waals surface area contributed by atoms with Crippen molar-refractivity contribution >= 4 is 11.8 Å². The van der Waals surface area contributed by atoms with Gasteiger partial charge in [-0.2, -0.15) is 5.10 Å². The van der Waals surface area contributed by atoms with Crippen molar-refractivity contribution in [1.82, 2.24) is 25.0 Å². The first kappa shape index (κ1) is 19.6. The van der Waals surface area contributed by atoms with Crippen molar-refractivity contribution in [3.05, 3.63) is 72.3 Å². The predicted molar refractivity (Wildman–Crippen MR) is 110 cm³/mol. The number of carbonyl (C=O) groups is 2. The molecule has 0 saturated carbocycles. The molecule has 1 fully saturated rings. The molecule has 1 saturated heterocycles. The topological polar surface area (TPSA) is 89.4 Å². The maximum atomic E-state index is 12.6. The molecule has 3 heterocycles. The molecule has 3 aromatic rings. The van der Waals surface area contributed by atoms with E-state index in [0.29, 0.717) is 25.4 Å². The van der Waals surface area contributed by atoms with Crippen LogP contribution in [0.4, 0.5) is 0 Å². The van der Waals surface area contributed by atoms with Crippen LogP contribution in [0.2, 0.25) is 0 Å². The molecule has 0 spiro atoms. The summed E-state index contributed by atoms with van der Waals surface area (Å²) in [6.45, 7) is 1.18. The second kappa shape index (κ2) is 8.77. The number of nitrogens with zero attached hydrogens (tertiary/aromatic N) is 4. The summed E-state index contributed by atoms with van der Waals surface area (Å²) < 4.78 is 7.08. The minimum Gasteiger partial charge on any atom is -0.494 e. The smallest absolute Gasteiger partial charge is 0.225 e. The molecule has 0 bridgehead atoms. The van der Waals surface area contributed by atoms with Crippen LogP contribution in [-0.2, 0) is 22.7 Å². The van der Waals surface area contributed by atoms with E-state index in [1.165, 1.54) is 0 Å². The Morgan fingerprint density at radius 2 is 2.07 bits per heavy atom. The number of pyridine rings is 1. The van der Waals surface area contributed by atoms with Gasteiger partial charge in [-0.25, -0.2) is 4.68 Å². The number of aromatic nitrogens is 3. The molecule has 8 nitrogen and oxygen atoms in total. The van der Waals surface area contributed by atoms with Crippen LogP contribution >= 0.6 is 0 Å². The van der Waals surface area contributed by atoms with Gasteiger partial charge in [-0.05, 0) is 24.3 Å². The number of nitrogens with one attached hydrogen (secondary N) is 1.